The van der Waals surface area contributed by atoms with E-state index in [9.17, 15) is 19.7 Å². The number of carbonyl (C=O) groups is 2. The zero-order valence-electron chi connectivity index (χ0n) is 27.5. The lowest BCUT2D eigenvalue weighted by atomic mass is 10.1. The maximum Gasteiger partial charge on any atom is 0.330 e. The van der Waals surface area contributed by atoms with Gasteiger partial charge in [0.1, 0.15) is 5.82 Å². The lowest BCUT2D eigenvalue weighted by molar-refractivity contribution is -0.385. The number of aromatic nitrogens is 3. The predicted octanol–water partition coefficient (Wildman–Crippen LogP) is 6.55. The maximum absolute atomic E-state index is 13.6. The number of anilines is 5. The molecule has 5 rings (SSSR count). The van der Waals surface area contributed by atoms with Crippen LogP contribution in [0.1, 0.15) is 53.9 Å². The van der Waals surface area contributed by atoms with Crippen LogP contribution in [0, 0.1) is 24.0 Å². The Morgan fingerprint density at radius 1 is 1.08 bits per heavy atom. The van der Waals surface area contributed by atoms with Gasteiger partial charge in [0.05, 0.1) is 41.8 Å². The van der Waals surface area contributed by atoms with Gasteiger partial charge < -0.3 is 20.1 Å². The topological polar surface area (TPSA) is 165 Å². The molecule has 0 bridgehead atoms. The zero-order valence-corrected chi connectivity index (χ0v) is 27.5. The number of ether oxygens (including phenoxy) is 2. The van der Waals surface area contributed by atoms with Gasteiger partial charge in [-0.25, -0.2) is 9.78 Å². The first-order chi connectivity index (χ1) is 23.0. The number of amides is 3. The molecule has 0 saturated carbocycles. The number of nitrogens with zero attached hydrogens (tertiary/aromatic N) is 6. The van der Waals surface area contributed by atoms with Gasteiger partial charge in [-0.1, -0.05) is 6.07 Å². The van der Waals surface area contributed by atoms with Crippen molar-refractivity contribution >= 4 is 46.5 Å². The molecule has 0 spiro atoms. The first-order valence-electron chi connectivity index (χ1n) is 15.6. The largest absolute Gasteiger partial charge is 0.487 e. The van der Waals surface area contributed by atoms with Gasteiger partial charge in [-0.3, -0.25) is 29.7 Å². The summed E-state index contributed by atoms with van der Waals surface area (Å²) in [5, 5.41) is 17.6. The van der Waals surface area contributed by atoms with Gasteiger partial charge in [-0.05, 0) is 76.4 Å². The summed E-state index contributed by atoms with van der Waals surface area (Å²) in [6.45, 7) is 8.71. The van der Waals surface area contributed by atoms with E-state index in [0.29, 0.717) is 36.2 Å². The molecule has 0 fully saturated rings. The molecule has 1 aliphatic rings. The highest BCUT2D eigenvalue weighted by molar-refractivity contribution is 6.07. The summed E-state index contributed by atoms with van der Waals surface area (Å²) in [6.07, 6.45) is 4.77. The minimum Gasteiger partial charge on any atom is -0.487 e. The number of urea groups is 1. The number of rotatable bonds is 13. The Balaban J connectivity index is 1.30. The van der Waals surface area contributed by atoms with Crippen molar-refractivity contribution in [1.29, 1.82) is 0 Å². The molecule has 1 aliphatic heterocycles. The minimum absolute atomic E-state index is 0.0121. The second kappa shape index (κ2) is 14.9. The quantitative estimate of drug-likeness (QED) is 0.0917. The Hall–Kier alpha value is -5.63. The van der Waals surface area contributed by atoms with E-state index in [-0.39, 0.29) is 42.3 Å². The Labute approximate surface area is 278 Å². The van der Waals surface area contributed by atoms with Crippen LogP contribution in [-0.2, 0) is 11.3 Å². The number of aryl methyl sites for hydroxylation is 2. The molecule has 1 atom stereocenters. The van der Waals surface area contributed by atoms with E-state index in [0.717, 1.165) is 28.9 Å². The third-order valence-electron chi connectivity index (χ3n) is 7.81. The number of pyridine rings is 1. The smallest absolute Gasteiger partial charge is 0.330 e. The molecule has 3 amide bonds. The molecule has 48 heavy (non-hydrogen) atoms. The summed E-state index contributed by atoms with van der Waals surface area (Å²) in [5.74, 6) is 0.345. The standard InChI is InChI=1S/C34H38N8O6/c1-6-47-23(4)8-7-15-48-30-16-24(11-14-28(30)42(45)46)32(43)37-26-12-9-21(2)29(17-26)41-20-25-18-36-33(39-31(25)40(5)34(41)44)38-27-13-10-22(3)35-19-27/h9-14,16-19,23H,6-8,15,20H2,1-5H3,(H,37,43)(H,36,38,39). The van der Waals surface area contributed by atoms with E-state index in [4.69, 9.17) is 9.47 Å². The third kappa shape index (κ3) is 7.83. The summed E-state index contributed by atoms with van der Waals surface area (Å²) in [5.41, 5.74) is 4.16. The number of carbonyl (C=O) groups excluding carboxylic acids is 2. The summed E-state index contributed by atoms with van der Waals surface area (Å²) < 4.78 is 11.3. The maximum atomic E-state index is 13.6. The normalized spacial score (nSPS) is 13.1. The number of nitro benzene ring substituents is 1. The van der Waals surface area contributed by atoms with Crippen LogP contribution < -0.4 is 25.2 Å². The van der Waals surface area contributed by atoms with Crippen molar-refractivity contribution in [3.8, 4) is 5.75 Å². The van der Waals surface area contributed by atoms with Gasteiger partial charge >= 0.3 is 11.7 Å². The van der Waals surface area contributed by atoms with Crippen LogP contribution in [0.25, 0.3) is 0 Å². The molecule has 2 aromatic carbocycles. The fourth-order valence-electron chi connectivity index (χ4n) is 5.25. The van der Waals surface area contributed by atoms with Gasteiger partial charge in [-0.15, -0.1) is 0 Å². The van der Waals surface area contributed by atoms with E-state index in [1.165, 1.54) is 23.1 Å². The molecule has 4 aromatic rings. The predicted molar refractivity (Wildman–Crippen MR) is 182 cm³/mol. The number of nitro groups is 1. The highest BCUT2D eigenvalue weighted by atomic mass is 16.6. The third-order valence-corrected chi connectivity index (χ3v) is 7.81. The summed E-state index contributed by atoms with van der Waals surface area (Å²) in [4.78, 5) is 54.3. The molecule has 2 N–H and O–H groups in total. The SMILES string of the molecule is CCOC(C)CCCOc1cc(C(=O)Nc2ccc(C)c(N3Cc4cnc(Nc5ccc(C)nc5)nc4N(C)C3=O)c2)ccc1[N+](=O)[O-]. The molecule has 1 unspecified atom stereocenters. The van der Waals surface area contributed by atoms with Crippen molar-refractivity contribution in [2.45, 2.75) is 53.2 Å². The Morgan fingerprint density at radius 2 is 1.88 bits per heavy atom. The molecule has 0 aliphatic carbocycles. The van der Waals surface area contributed by atoms with Crippen molar-refractivity contribution in [1.82, 2.24) is 15.0 Å². The average Bonchev–Trinajstić information content (AvgIpc) is 3.07. The van der Waals surface area contributed by atoms with Gasteiger partial charge in [0.2, 0.25) is 5.95 Å². The van der Waals surface area contributed by atoms with Crippen LogP contribution in [-0.4, -0.2) is 58.2 Å². The second-order valence-corrected chi connectivity index (χ2v) is 11.4. The molecule has 2 aromatic heterocycles. The molecule has 14 heteroatoms. The Bertz CT molecular complexity index is 1820. The van der Waals surface area contributed by atoms with Crippen LogP contribution >= 0.6 is 0 Å². The average molecular weight is 655 g/mol. The number of nitrogens with one attached hydrogen (secondary N) is 2. The highest BCUT2D eigenvalue weighted by Gasteiger charge is 2.32. The fraction of sp³-hybridized carbons (Fsp3) is 0.324. The summed E-state index contributed by atoms with van der Waals surface area (Å²) in [7, 11) is 1.65. The van der Waals surface area contributed by atoms with E-state index >= 15 is 0 Å². The number of fused-ring (bicyclic) bond motifs is 1. The van der Waals surface area contributed by atoms with Gasteiger partial charge in [0.15, 0.2) is 5.75 Å². The monoisotopic (exact) mass is 654 g/mol. The molecule has 0 saturated heterocycles. The molecular weight excluding hydrogens is 616 g/mol. The van der Waals surface area contributed by atoms with Crippen LogP contribution in [0.3, 0.4) is 0 Å². The first kappa shape index (κ1) is 33.7. The lowest BCUT2D eigenvalue weighted by Crippen LogP contribution is -2.46. The van der Waals surface area contributed by atoms with Crippen molar-refractivity contribution in [3.63, 3.8) is 0 Å². The van der Waals surface area contributed by atoms with Gasteiger partial charge in [0.25, 0.3) is 5.91 Å². The molecule has 0 radical (unpaired) electrons. The first-order valence-corrected chi connectivity index (χ1v) is 15.6. The summed E-state index contributed by atoms with van der Waals surface area (Å²) in [6, 6.07) is 12.7. The summed E-state index contributed by atoms with van der Waals surface area (Å²) >= 11 is 0. The van der Waals surface area contributed by atoms with Crippen molar-refractivity contribution in [2.24, 2.45) is 0 Å². The fourth-order valence-corrected chi connectivity index (χ4v) is 5.25. The lowest BCUT2D eigenvalue weighted by Gasteiger charge is -2.35. The second-order valence-electron chi connectivity index (χ2n) is 11.4. The van der Waals surface area contributed by atoms with Crippen LogP contribution in [0.5, 0.6) is 5.75 Å². The molecular formula is C34H38N8O6. The van der Waals surface area contributed by atoms with Crippen molar-refractivity contribution < 1.29 is 24.0 Å². The molecule has 3 heterocycles. The van der Waals surface area contributed by atoms with Gasteiger partial charge in [-0.2, -0.15) is 4.98 Å². The van der Waals surface area contributed by atoms with Crippen molar-refractivity contribution in [2.75, 3.05) is 40.7 Å². The van der Waals surface area contributed by atoms with E-state index in [1.54, 1.807) is 42.5 Å². The minimum atomic E-state index is -0.541. The number of hydrogen-bond acceptors (Lipinski definition) is 10. The number of benzene rings is 2. The van der Waals surface area contributed by atoms with E-state index in [2.05, 4.69) is 25.6 Å². The Kier molecular flexibility index (Phi) is 10.4. The van der Waals surface area contributed by atoms with Crippen LogP contribution in [0.2, 0.25) is 0 Å². The molecule has 250 valence electrons. The van der Waals surface area contributed by atoms with Crippen LogP contribution in [0.4, 0.5) is 39.3 Å². The molecule has 14 nitrogen and oxygen atoms in total. The van der Waals surface area contributed by atoms with E-state index < -0.39 is 10.8 Å². The van der Waals surface area contributed by atoms with Crippen LogP contribution in [0.15, 0.2) is 60.9 Å². The Morgan fingerprint density at radius 3 is 2.60 bits per heavy atom. The van der Waals surface area contributed by atoms with E-state index in [1.807, 2.05) is 39.8 Å². The van der Waals surface area contributed by atoms with Crippen molar-refractivity contribution in [3.05, 3.63) is 93.4 Å². The highest BCUT2D eigenvalue weighted by Crippen LogP contribution is 2.34. The van der Waals surface area contributed by atoms with Gasteiger partial charge in [0, 0.05) is 54.5 Å². The zero-order chi connectivity index (χ0) is 34.4. The number of hydrogen-bond donors (Lipinski definition) is 2.